The lowest BCUT2D eigenvalue weighted by Gasteiger charge is -2.29. The Morgan fingerprint density at radius 1 is 1.23 bits per heavy atom. The van der Waals surface area contributed by atoms with Crippen LogP contribution >= 0.6 is 11.3 Å². The van der Waals surface area contributed by atoms with Crippen LogP contribution in [0.4, 0.5) is 13.2 Å². The number of nitrogens with one attached hydrogen (secondary N) is 2. The van der Waals surface area contributed by atoms with Gasteiger partial charge in [0, 0.05) is 28.8 Å². The van der Waals surface area contributed by atoms with Crippen LogP contribution in [0, 0.1) is 5.82 Å². The van der Waals surface area contributed by atoms with Gasteiger partial charge < -0.3 is 10.2 Å². The van der Waals surface area contributed by atoms with Gasteiger partial charge in [-0.1, -0.05) is 0 Å². The Morgan fingerprint density at radius 2 is 1.94 bits per heavy atom. The summed E-state index contributed by atoms with van der Waals surface area (Å²) in [6.45, 7) is -0.143. The third-order valence-corrected chi connectivity index (χ3v) is 6.32. The van der Waals surface area contributed by atoms with E-state index in [9.17, 15) is 32.3 Å². The van der Waals surface area contributed by atoms with Crippen molar-refractivity contribution in [2.75, 3.05) is 0 Å². The van der Waals surface area contributed by atoms with Gasteiger partial charge in [0.15, 0.2) is 0 Å². The molecular weight excluding hydrogens is 435 g/mol. The van der Waals surface area contributed by atoms with Crippen LogP contribution in [0.2, 0.25) is 0 Å². The summed E-state index contributed by atoms with van der Waals surface area (Å²) in [4.78, 5) is 50.0. The number of piperidine rings is 1. The Labute approximate surface area is 178 Å². The zero-order chi connectivity index (χ0) is 22.3. The molecule has 1 saturated heterocycles. The topological polar surface area (TPSA) is 95.6 Å². The summed E-state index contributed by atoms with van der Waals surface area (Å²) in [6, 6.07) is 2.59. The second-order valence-corrected chi connectivity index (χ2v) is 8.18. The van der Waals surface area contributed by atoms with Crippen molar-refractivity contribution in [3.63, 3.8) is 0 Å². The van der Waals surface area contributed by atoms with E-state index in [0.717, 1.165) is 35.6 Å². The van der Waals surface area contributed by atoms with E-state index in [-0.39, 0.29) is 31.8 Å². The molecule has 0 spiro atoms. The molecule has 1 aromatic heterocycles. The van der Waals surface area contributed by atoms with Crippen molar-refractivity contribution < 1.29 is 32.3 Å². The van der Waals surface area contributed by atoms with Gasteiger partial charge in [-0.2, -0.15) is 8.78 Å². The molecule has 11 heteroatoms. The van der Waals surface area contributed by atoms with Gasteiger partial charge in [0.2, 0.25) is 11.8 Å². The van der Waals surface area contributed by atoms with E-state index in [1.54, 1.807) is 5.38 Å². The number of imide groups is 1. The summed E-state index contributed by atoms with van der Waals surface area (Å²) in [6.07, 6.45) is 0.328. The smallest absolute Gasteiger partial charge is 0.346 e. The molecule has 3 heterocycles. The van der Waals surface area contributed by atoms with Crippen LogP contribution < -0.4 is 10.6 Å². The van der Waals surface area contributed by atoms with Crippen LogP contribution in [0.3, 0.4) is 0 Å². The van der Waals surface area contributed by atoms with E-state index in [0.29, 0.717) is 16.0 Å². The molecule has 2 aliphatic rings. The van der Waals surface area contributed by atoms with Gasteiger partial charge in [0.25, 0.3) is 11.8 Å². The highest BCUT2D eigenvalue weighted by molar-refractivity contribution is 7.10. The van der Waals surface area contributed by atoms with Crippen molar-refractivity contribution in [2.45, 2.75) is 37.9 Å². The monoisotopic (exact) mass is 451 g/mol. The van der Waals surface area contributed by atoms with Crippen molar-refractivity contribution >= 4 is 35.0 Å². The molecule has 4 rings (SSSR count). The van der Waals surface area contributed by atoms with Crippen LogP contribution in [0.15, 0.2) is 29.6 Å². The Kier molecular flexibility index (Phi) is 5.29. The lowest BCUT2D eigenvalue weighted by Crippen LogP contribution is -2.52. The summed E-state index contributed by atoms with van der Waals surface area (Å²) >= 11 is 1.14. The first-order valence-corrected chi connectivity index (χ1v) is 10.2. The minimum Gasteiger partial charge on any atom is -0.346 e. The molecule has 31 heavy (non-hydrogen) atoms. The number of benzene rings is 1. The highest BCUT2D eigenvalue weighted by Crippen LogP contribution is 2.34. The molecule has 1 aromatic carbocycles. The zero-order valence-corrected chi connectivity index (χ0v) is 16.7. The lowest BCUT2D eigenvalue weighted by atomic mass is 10.0. The standard InChI is InChI=1S/C20H16F3N3O4S/c21-11-3-1-10(2-4-11)20(22,23)19(30)24-7-15-12-8-26(18(29)13(12)9-31-15)14-5-6-16(27)25-17(14)28/h1-4,9,14H,5-8H2,(H,24,30)(H,25,27,28). The predicted molar refractivity (Wildman–Crippen MR) is 103 cm³/mol. The molecular formula is C20H16F3N3O4S. The minimum atomic E-state index is -3.86. The van der Waals surface area contributed by atoms with E-state index in [1.165, 1.54) is 4.90 Å². The zero-order valence-electron chi connectivity index (χ0n) is 15.9. The van der Waals surface area contributed by atoms with E-state index >= 15 is 0 Å². The van der Waals surface area contributed by atoms with Crippen LogP contribution in [0.1, 0.15) is 39.2 Å². The molecule has 4 amide bonds. The average molecular weight is 451 g/mol. The highest BCUT2D eigenvalue weighted by Gasteiger charge is 2.42. The Balaban J connectivity index is 1.45. The average Bonchev–Trinajstić information content (AvgIpc) is 3.26. The quantitative estimate of drug-likeness (QED) is 0.681. The third-order valence-electron chi connectivity index (χ3n) is 5.29. The first-order valence-electron chi connectivity index (χ1n) is 9.34. The lowest BCUT2D eigenvalue weighted by molar-refractivity contribution is -0.147. The largest absolute Gasteiger partial charge is 0.349 e. The van der Waals surface area contributed by atoms with Crippen molar-refractivity contribution in [2.24, 2.45) is 0 Å². The maximum Gasteiger partial charge on any atom is 0.349 e. The fraction of sp³-hybridized carbons (Fsp3) is 0.300. The summed E-state index contributed by atoms with van der Waals surface area (Å²) in [5.74, 6) is -7.43. The molecule has 2 aliphatic heterocycles. The van der Waals surface area contributed by atoms with Crippen LogP contribution in [-0.2, 0) is 33.4 Å². The van der Waals surface area contributed by atoms with Gasteiger partial charge in [-0.15, -0.1) is 11.3 Å². The molecule has 2 aromatic rings. The molecule has 0 radical (unpaired) electrons. The van der Waals surface area contributed by atoms with E-state index in [1.807, 2.05) is 0 Å². The van der Waals surface area contributed by atoms with Crippen molar-refractivity contribution in [1.82, 2.24) is 15.5 Å². The number of rotatable bonds is 5. The molecule has 162 valence electrons. The van der Waals surface area contributed by atoms with Crippen molar-refractivity contribution in [1.29, 1.82) is 0 Å². The maximum absolute atomic E-state index is 14.4. The summed E-state index contributed by atoms with van der Waals surface area (Å²) < 4.78 is 41.7. The van der Waals surface area contributed by atoms with Gasteiger partial charge in [-0.25, -0.2) is 4.39 Å². The molecule has 1 atom stereocenters. The normalized spacial score (nSPS) is 18.7. The SMILES string of the molecule is O=C1CCC(N2Cc3c(csc3CNC(=O)C(F)(F)c3ccc(F)cc3)C2=O)C(=O)N1. The minimum absolute atomic E-state index is 0.0868. The number of hydrogen-bond donors (Lipinski definition) is 2. The predicted octanol–water partition coefficient (Wildman–Crippen LogP) is 2.06. The van der Waals surface area contributed by atoms with Crippen molar-refractivity contribution in [3.05, 3.63) is 57.0 Å². The number of fused-ring (bicyclic) bond motifs is 1. The van der Waals surface area contributed by atoms with Gasteiger partial charge in [-0.3, -0.25) is 24.5 Å². The molecule has 1 fully saturated rings. The third kappa shape index (κ3) is 3.80. The number of hydrogen-bond acceptors (Lipinski definition) is 5. The number of halogens is 3. The number of carbonyl (C=O) groups excluding carboxylic acids is 4. The molecule has 2 N–H and O–H groups in total. The number of alkyl halides is 2. The Bertz CT molecular complexity index is 1080. The highest BCUT2D eigenvalue weighted by atomic mass is 32.1. The number of carbonyl (C=O) groups is 4. The van der Waals surface area contributed by atoms with Crippen LogP contribution in [-0.4, -0.2) is 34.6 Å². The fourth-order valence-corrected chi connectivity index (χ4v) is 4.59. The molecule has 0 saturated carbocycles. The molecule has 0 bridgehead atoms. The summed E-state index contributed by atoms with van der Waals surface area (Å²) in [5, 5.41) is 5.93. The fourth-order valence-electron chi connectivity index (χ4n) is 3.61. The van der Waals surface area contributed by atoms with Crippen LogP contribution in [0.25, 0.3) is 0 Å². The molecule has 7 nitrogen and oxygen atoms in total. The molecule has 1 unspecified atom stereocenters. The van der Waals surface area contributed by atoms with E-state index in [4.69, 9.17) is 0 Å². The number of thiophene rings is 1. The second kappa shape index (κ2) is 7.80. The Hall–Kier alpha value is -3.21. The summed E-state index contributed by atoms with van der Waals surface area (Å²) in [7, 11) is 0. The van der Waals surface area contributed by atoms with Gasteiger partial charge in [0.05, 0.1) is 12.1 Å². The van der Waals surface area contributed by atoms with Gasteiger partial charge >= 0.3 is 5.92 Å². The first-order chi connectivity index (χ1) is 14.7. The number of amides is 4. The summed E-state index contributed by atoms with van der Waals surface area (Å²) in [5.41, 5.74) is 0.274. The number of nitrogens with zero attached hydrogens (tertiary/aromatic N) is 1. The molecule has 0 aliphatic carbocycles. The van der Waals surface area contributed by atoms with Gasteiger partial charge in [0.1, 0.15) is 11.9 Å². The van der Waals surface area contributed by atoms with Crippen LogP contribution in [0.5, 0.6) is 0 Å². The van der Waals surface area contributed by atoms with Crippen molar-refractivity contribution in [3.8, 4) is 0 Å². The second-order valence-electron chi connectivity index (χ2n) is 7.22. The maximum atomic E-state index is 14.4. The van der Waals surface area contributed by atoms with Gasteiger partial charge in [-0.05, 0) is 36.2 Å². The Morgan fingerprint density at radius 3 is 2.61 bits per heavy atom. The van der Waals surface area contributed by atoms with E-state index in [2.05, 4.69) is 10.6 Å². The first kappa shape index (κ1) is 21.0. The van der Waals surface area contributed by atoms with E-state index < -0.39 is 41.1 Å².